The number of hydrogen-bond donors (Lipinski definition) is 1. The molecule has 0 aromatic heterocycles. The lowest BCUT2D eigenvalue weighted by molar-refractivity contribution is 0.188. The second kappa shape index (κ2) is 4.37. The topological polar surface area (TPSA) is 21.3 Å². The highest BCUT2D eigenvalue weighted by atomic mass is 19.1. The second-order valence-corrected chi connectivity index (χ2v) is 4.21. The Morgan fingerprint density at radius 2 is 2.31 bits per heavy atom. The van der Waals surface area contributed by atoms with Gasteiger partial charge in [-0.2, -0.15) is 0 Å². The monoisotopic (exact) mass is 227 g/mol. The van der Waals surface area contributed by atoms with Crippen molar-refractivity contribution in [3.63, 3.8) is 0 Å². The highest BCUT2D eigenvalue weighted by Gasteiger charge is 2.34. The largest absolute Gasteiger partial charge is 0.496 e. The fourth-order valence-electron chi connectivity index (χ4n) is 2.09. The zero-order valence-corrected chi connectivity index (χ0v) is 9.22. The maximum atomic E-state index is 14.2. The molecule has 1 aromatic carbocycles. The Morgan fingerprint density at radius 3 is 2.94 bits per heavy atom. The Morgan fingerprint density at radius 1 is 1.50 bits per heavy atom. The van der Waals surface area contributed by atoms with Gasteiger partial charge in [0.2, 0.25) is 0 Å². The van der Waals surface area contributed by atoms with E-state index in [4.69, 9.17) is 4.74 Å². The van der Waals surface area contributed by atoms with E-state index in [1.165, 1.54) is 25.3 Å². The quantitative estimate of drug-likeness (QED) is 0.853. The highest BCUT2D eigenvalue weighted by molar-refractivity contribution is 5.35. The first-order valence-electron chi connectivity index (χ1n) is 5.35. The van der Waals surface area contributed by atoms with Crippen molar-refractivity contribution >= 4 is 0 Å². The van der Waals surface area contributed by atoms with Crippen molar-refractivity contribution in [3.05, 3.63) is 29.6 Å². The van der Waals surface area contributed by atoms with Crippen LogP contribution in [0.1, 0.15) is 12.0 Å². The Balaban J connectivity index is 2.22. The molecule has 1 N–H and O–H groups in total. The zero-order chi connectivity index (χ0) is 11.6. The van der Waals surface area contributed by atoms with E-state index in [1.807, 2.05) is 0 Å². The zero-order valence-electron chi connectivity index (χ0n) is 9.22. The molecule has 88 valence electrons. The molecule has 1 saturated heterocycles. The summed E-state index contributed by atoms with van der Waals surface area (Å²) in [6.45, 7) is 1.00. The molecule has 0 spiro atoms. The minimum absolute atomic E-state index is 0.195. The standard InChI is InChI=1S/C12H15F2NO/c1-16-11-3-2-10(13)6-9(11)7-12(14)4-5-15-8-12/h2-3,6,15H,4-5,7-8H2,1H3. The van der Waals surface area contributed by atoms with Gasteiger partial charge in [-0.3, -0.25) is 0 Å². The van der Waals surface area contributed by atoms with E-state index in [2.05, 4.69) is 5.32 Å². The summed E-state index contributed by atoms with van der Waals surface area (Å²) >= 11 is 0. The van der Waals surface area contributed by atoms with Gasteiger partial charge in [0.25, 0.3) is 0 Å². The Hall–Kier alpha value is -1.16. The van der Waals surface area contributed by atoms with Crippen LogP contribution in [-0.4, -0.2) is 25.9 Å². The molecule has 1 atom stereocenters. The molecule has 0 radical (unpaired) electrons. The van der Waals surface area contributed by atoms with E-state index >= 15 is 0 Å². The van der Waals surface area contributed by atoms with Gasteiger partial charge < -0.3 is 10.1 Å². The number of benzene rings is 1. The van der Waals surface area contributed by atoms with Crippen molar-refractivity contribution in [1.29, 1.82) is 0 Å². The minimum Gasteiger partial charge on any atom is -0.496 e. The number of methoxy groups -OCH3 is 1. The maximum absolute atomic E-state index is 14.2. The molecule has 1 unspecified atom stereocenters. The summed E-state index contributed by atoms with van der Waals surface area (Å²) in [6, 6.07) is 4.20. The average molecular weight is 227 g/mol. The van der Waals surface area contributed by atoms with E-state index in [0.29, 0.717) is 30.8 Å². The first-order chi connectivity index (χ1) is 7.63. The van der Waals surface area contributed by atoms with Crippen LogP contribution in [0.25, 0.3) is 0 Å². The molecule has 1 aliphatic rings. The summed E-state index contributed by atoms with van der Waals surface area (Å²) < 4.78 is 32.4. The molecule has 0 aliphatic carbocycles. The SMILES string of the molecule is COc1ccc(F)cc1CC1(F)CCNC1. The molecule has 1 aromatic rings. The fraction of sp³-hybridized carbons (Fsp3) is 0.500. The first-order valence-corrected chi connectivity index (χ1v) is 5.35. The van der Waals surface area contributed by atoms with Crippen LogP contribution in [0.3, 0.4) is 0 Å². The van der Waals surface area contributed by atoms with Crippen LogP contribution in [0, 0.1) is 5.82 Å². The second-order valence-electron chi connectivity index (χ2n) is 4.21. The van der Waals surface area contributed by atoms with E-state index < -0.39 is 5.67 Å². The van der Waals surface area contributed by atoms with Crippen molar-refractivity contribution in [2.45, 2.75) is 18.5 Å². The van der Waals surface area contributed by atoms with Crippen molar-refractivity contribution < 1.29 is 13.5 Å². The predicted octanol–water partition coefficient (Wildman–Crippen LogP) is 2.08. The summed E-state index contributed by atoms with van der Waals surface area (Å²) in [7, 11) is 1.51. The van der Waals surface area contributed by atoms with Crippen LogP contribution in [0.2, 0.25) is 0 Å². The first kappa shape index (κ1) is 11.3. The van der Waals surface area contributed by atoms with E-state index in [0.717, 1.165) is 0 Å². The summed E-state index contributed by atoms with van der Waals surface area (Å²) in [5.74, 6) is 0.190. The summed E-state index contributed by atoms with van der Waals surface area (Å²) in [4.78, 5) is 0. The Labute approximate surface area is 93.6 Å². The van der Waals surface area contributed by atoms with Crippen LogP contribution >= 0.6 is 0 Å². The van der Waals surface area contributed by atoms with Gasteiger partial charge in [-0.15, -0.1) is 0 Å². The minimum atomic E-state index is -1.28. The van der Waals surface area contributed by atoms with Crippen LogP contribution in [0.5, 0.6) is 5.75 Å². The molecule has 4 heteroatoms. The Kier molecular flexibility index (Phi) is 3.10. The van der Waals surface area contributed by atoms with E-state index in [9.17, 15) is 8.78 Å². The number of rotatable bonds is 3. The third-order valence-electron chi connectivity index (χ3n) is 2.94. The fourth-order valence-corrected chi connectivity index (χ4v) is 2.09. The molecule has 2 rings (SSSR count). The molecule has 0 bridgehead atoms. The van der Waals surface area contributed by atoms with Gasteiger partial charge in [-0.1, -0.05) is 0 Å². The third kappa shape index (κ3) is 2.32. The van der Waals surface area contributed by atoms with Crippen LogP contribution < -0.4 is 10.1 Å². The predicted molar refractivity (Wildman–Crippen MR) is 58.0 cm³/mol. The van der Waals surface area contributed by atoms with Gasteiger partial charge in [0.15, 0.2) is 0 Å². The van der Waals surface area contributed by atoms with Gasteiger partial charge in [0, 0.05) is 18.5 Å². The third-order valence-corrected chi connectivity index (χ3v) is 2.94. The molecule has 1 aliphatic heterocycles. The molecule has 1 fully saturated rings. The van der Waals surface area contributed by atoms with Crippen LogP contribution in [0.4, 0.5) is 8.78 Å². The number of ether oxygens (including phenoxy) is 1. The van der Waals surface area contributed by atoms with Crippen molar-refractivity contribution in [1.82, 2.24) is 5.32 Å². The molecule has 0 saturated carbocycles. The normalized spacial score (nSPS) is 24.7. The number of halogens is 2. The van der Waals surface area contributed by atoms with Crippen molar-refractivity contribution in [2.24, 2.45) is 0 Å². The van der Waals surface area contributed by atoms with Crippen molar-refractivity contribution in [3.8, 4) is 5.75 Å². The average Bonchev–Trinajstić information content (AvgIpc) is 2.65. The van der Waals surface area contributed by atoms with Gasteiger partial charge in [-0.25, -0.2) is 8.78 Å². The summed E-state index contributed by atoms with van der Waals surface area (Å²) in [5, 5.41) is 2.98. The Bertz CT molecular complexity index is 375. The molecule has 1 heterocycles. The highest BCUT2D eigenvalue weighted by Crippen LogP contribution is 2.29. The van der Waals surface area contributed by atoms with E-state index in [1.54, 1.807) is 0 Å². The van der Waals surface area contributed by atoms with Gasteiger partial charge in [0.1, 0.15) is 17.2 Å². The van der Waals surface area contributed by atoms with Gasteiger partial charge in [0.05, 0.1) is 7.11 Å². The lowest BCUT2D eigenvalue weighted by Crippen LogP contribution is -2.28. The molecule has 0 amide bonds. The number of hydrogen-bond acceptors (Lipinski definition) is 2. The number of nitrogens with one attached hydrogen (secondary N) is 1. The lowest BCUT2D eigenvalue weighted by Gasteiger charge is -2.19. The number of alkyl halides is 1. The maximum Gasteiger partial charge on any atom is 0.128 e. The molecule has 2 nitrogen and oxygen atoms in total. The van der Waals surface area contributed by atoms with Crippen LogP contribution in [0.15, 0.2) is 18.2 Å². The lowest BCUT2D eigenvalue weighted by atomic mass is 9.95. The smallest absolute Gasteiger partial charge is 0.128 e. The summed E-state index contributed by atoms with van der Waals surface area (Å²) in [6.07, 6.45) is 0.660. The summed E-state index contributed by atoms with van der Waals surface area (Å²) in [5.41, 5.74) is -0.685. The molecular weight excluding hydrogens is 212 g/mol. The van der Waals surface area contributed by atoms with Gasteiger partial charge >= 0.3 is 0 Å². The van der Waals surface area contributed by atoms with E-state index in [-0.39, 0.29) is 12.2 Å². The van der Waals surface area contributed by atoms with Crippen LogP contribution in [-0.2, 0) is 6.42 Å². The van der Waals surface area contributed by atoms with Gasteiger partial charge in [-0.05, 0) is 31.2 Å². The molecular formula is C12H15F2NO. The van der Waals surface area contributed by atoms with Crippen molar-refractivity contribution in [2.75, 3.05) is 20.2 Å². The molecule has 16 heavy (non-hydrogen) atoms.